The predicted molar refractivity (Wildman–Crippen MR) is 69.7 cm³/mol. The molecule has 0 saturated heterocycles. The summed E-state index contributed by atoms with van der Waals surface area (Å²) >= 11 is 0. The van der Waals surface area contributed by atoms with E-state index < -0.39 is 0 Å². The van der Waals surface area contributed by atoms with Gasteiger partial charge in [0.1, 0.15) is 11.5 Å². The first-order valence-corrected chi connectivity index (χ1v) is 6.12. The molecule has 3 rings (SSSR count). The average molecular weight is 238 g/mol. The number of benzene rings is 2. The van der Waals surface area contributed by atoms with Gasteiger partial charge in [0.05, 0.1) is 0 Å². The molecule has 1 N–H and O–H groups in total. The Bertz CT molecular complexity index is 587. The number of aromatic hydroxyl groups is 1. The fourth-order valence-electron chi connectivity index (χ4n) is 2.69. The Kier molecular flexibility index (Phi) is 2.63. The molecule has 2 heteroatoms. The number of hydrogen-bond acceptors (Lipinski definition) is 2. The van der Waals surface area contributed by atoms with Gasteiger partial charge in [-0.25, -0.2) is 0 Å². The summed E-state index contributed by atoms with van der Waals surface area (Å²) in [6.45, 7) is 0. The zero-order chi connectivity index (χ0) is 12.5. The summed E-state index contributed by atoms with van der Waals surface area (Å²) in [5, 5.41) is 9.52. The van der Waals surface area contributed by atoms with Gasteiger partial charge in [-0.3, -0.25) is 4.79 Å². The van der Waals surface area contributed by atoms with Crippen molar-refractivity contribution in [3.63, 3.8) is 0 Å². The van der Waals surface area contributed by atoms with Crippen molar-refractivity contribution in [3.8, 4) is 5.75 Å². The number of phenolic OH excluding ortho intramolecular Hbond substituents is 1. The summed E-state index contributed by atoms with van der Waals surface area (Å²) in [5.74, 6) is 0.597. The Labute approximate surface area is 106 Å². The zero-order valence-electron chi connectivity index (χ0n) is 9.97. The first kappa shape index (κ1) is 11.0. The van der Waals surface area contributed by atoms with Crippen molar-refractivity contribution in [1.82, 2.24) is 0 Å². The minimum atomic E-state index is 0.128. The van der Waals surface area contributed by atoms with Crippen molar-refractivity contribution < 1.29 is 9.90 Å². The standard InChI is InChI=1S/C16H14O2/c17-13-6-7-15-12(8-13)9-14(18)10-16(15)11-4-2-1-3-5-11/h1-8,16-17H,9-10H2. The number of fused-ring (bicyclic) bond motifs is 1. The lowest BCUT2D eigenvalue weighted by Gasteiger charge is -2.25. The minimum absolute atomic E-state index is 0.128. The Morgan fingerprint density at radius 2 is 1.83 bits per heavy atom. The number of Topliss-reactive ketones (excluding diaryl/α,β-unsaturated/α-hetero) is 1. The quantitative estimate of drug-likeness (QED) is 0.829. The number of phenols is 1. The maximum Gasteiger partial charge on any atom is 0.138 e. The lowest BCUT2D eigenvalue weighted by molar-refractivity contribution is -0.119. The van der Waals surface area contributed by atoms with Crippen LogP contribution in [0.2, 0.25) is 0 Å². The summed E-state index contributed by atoms with van der Waals surface area (Å²) in [4.78, 5) is 11.8. The number of hydrogen-bond donors (Lipinski definition) is 1. The van der Waals surface area contributed by atoms with Crippen molar-refractivity contribution in [3.05, 3.63) is 65.2 Å². The fourth-order valence-corrected chi connectivity index (χ4v) is 2.69. The van der Waals surface area contributed by atoms with Crippen LogP contribution in [0.4, 0.5) is 0 Å². The molecule has 2 nitrogen and oxygen atoms in total. The summed E-state index contributed by atoms with van der Waals surface area (Å²) in [6.07, 6.45) is 0.995. The highest BCUT2D eigenvalue weighted by Gasteiger charge is 2.26. The number of ketones is 1. The van der Waals surface area contributed by atoms with Crippen LogP contribution in [0.15, 0.2) is 48.5 Å². The van der Waals surface area contributed by atoms with Crippen LogP contribution in [0.5, 0.6) is 5.75 Å². The van der Waals surface area contributed by atoms with Gasteiger partial charge in [-0.1, -0.05) is 36.4 Å². The smallest absolute Gasteiger partial charge is 0.138 e. The van der Waals surface area contributed by atoms with Gasteiger partial charge in [0.2, 0.25) is 0 Å². The van der Waals surface area contributed by atoms with E-state index in [-0.39, 0.29) is 17.5 Å². The second-order valence-electron chi connectivity index (χ2n) is 4.77. The third-order valence-electron chi connectivity index (χ3n) is 3.52. The second-order valence-corrected chi connectivity index (χ2v) is 4.77. The minimum Gasteiger partial charge on any atom is -0.508 e. The van der Waals surface area contributed by atoms with Crippen molar-refractivity contribution in [1.29, 1.82) is 0 Å². The van der Waals surface area contributed by atoms with Crippen molar-refractivity contribution in [2.75, 3.05) is 0 Å². The maximum absolute atomic E-state index is 11.8. The number of rotatable bonds is 1. The van der Waals surface area contributed by atoms with E-state index in [1.807, 2.05) is 24.3 Å². The predicted octanol–water partition coefficient (Wildman–Crippen LogP) is 3.04. The molecule has 1 aliphatic carbocycles. The van der Waals surface area contributed by atoms with Gasteiger partial charge in [0, 0.05) is 18.8 Å². The molecule has 0 fully saturated rings. The molecule has 0 spiro atoms. The topological polar surface area (TPSA) is 37.3 Å². The van der Waals surface area contributed by atoms with Crippen LogP contribution >= 0.6 is 0 Å². The summed E-state index contributed by atoms with van der Waals surface area (Å²) in [6, 6.07) is 15.4. The molecule has 2 aromatic rings. The van der Waals surface area contributed by atoms with Crippen LogP contribution in [0.25, 0.3) is 0 Å². The van der Waals surface area contributed by atoms with Crippen LogP contribution in [0.3, 0.4) is 0 Å². The van der Waals surface area contributed by atoms with Crippen LogP contribution in [-0.4, -0.2) is 10.9 Å². The Hall–Kier alpha value is -2.09. The lowest BCUT2D eigenvalue weighted by Crippen LogP contribution is -2.19. The van der Waals surface area contributed by atoms with E-state index in [1.54, 1.807) is 12.1 Å². The molecule has 18 heavy (non-hydrogen) atoms. The van der Waals surface area contributed by atoms with Gasteiger partial charge in [-0.2, -0.15) is 0 Å². The van der Waals surface area contributed by atoms with Crippen LogP contribution in [0.1, 0.15) is 29.0 Å². The highest BCUT2D eigenvalue weighted by molar-refractivity contribution is 5.85. The van der Waals surface area contributed by atoms with Crippen molar-refractivity contribution in [2.45, 2.75) is 18.8 Å². The molecule has 0 aliphatic heterocycles. The summed E-state index contributed by atoms with van der Waals surface area (Å²) in [5.41, 5.74) is 3.29. The van der Waals surface area contributed by atoms with Gasteiger partial charge in [0.15, 0.2) is 0 Å². The average Bonchev–Trinajstić information content (AvgIpc) is 2.38. The van der Waals surface area contributed by atoms with E-state index >= 15 is 0 Å². The Balaban J connectivity index is 2.10. The van der Waals surface area contributed by atoms with Gasteiger partial charge in [-0.15, -0.1) is 0 Å². The third-order valence-corrected chi connectivity index (χ3v) is 3.52. The van der Waals surface area contributed by atoms with Gasteiger partial charge >= 0.3 is 0 Å². The molecule has 0 amide bonds. The molecule has 0 heterocycles. The SMILES string of the molecule is O=C1Cc2cc(O)ccc2C(c2ccccc2)C1. The molecule has 0 aromatic heterocycles. The number of carbonyl (C=O) groups is 1. The van der Waals surface area contributed by atoms with Gasteiger partial charge < -0.3 is 5.11 Å². The van der Waals surface area contributed by atoms with E-state index in [0.29, 0.717) is 12.8 Å². The zero-order valence-corrected chi connectivity index (χ0v) is 9.97. The summed E-state index contributed by atoms with van der Waals surface area (Å²) < 4.78 is 0. The first-order valence-electron chi connectivity index (χ1n) is 6.12. The van der Waals surface area contributed by atoms with Crippen molar-refractivity contribution in [2.24, 2.45) is 0 Å². The molecule has 0 saturated carbocycles. The molecule has 0 bridgehead atoms. The molecule has 1 atom stereocenters. The largest absolute Gasteiger partial charge is 0.508 e. The Morgan fingerprint density at radius 3 is 2.61 bits per heavy atom. The van der Waals surface area contributed by atoms with Crippen LogP contribution < -0.4 is 0 Å². The molecule has 1 unspecified atom stereocenters. The van der Waals surface area contributed by atoms with E-state index in [0.717, 1.165) is 11.1 Å². The maximum atomic E-state index is 11.8. The van der Waals surface area contributed by atoms with Gasteiger partial charge in [-0.05, 0) is 28.8 Å². The molecule has 2 aromatic carbocycles. The van der Waals surface area contributed by atoms with Gasteiger partial charge in [0.25, 0.3) is 0 Å². The molecule has 0 radical (unpaired) electrons. The van der Waals surface area contributed by atoms with E-state index in [1.165, 1.54) is 5.56 Å². The highest BCUT2D eigenvalue weighted by Crippen LogP contribution is 2.36. The molecular weight excluding hydrogens is 224 g/mol. The normalized spacial score (nSPS) is 18.4. The Morgan fingerprint density at radius 1 is 1.06 bits per heavy atom. The fraction of sp³-hybridized carbons (Fsp3) is 0.188. The highest BCUT2D eigenvalue weighted by atomic mass is 16.3. The summed E-state index contributed by atoms with van der Waals surface area (Å²) in [7, 11) is 0. The van der Waals surface area contributed by atoms with Crippen molar-refractivity contribution >= 4 is 5.78 Å². The molecule has 1 aliphatic rings. The molecule has 90 valence electrons. The number of carbonyl (C=O) groups excluding carboxylic acids is 1. The van der Waals surface area contributed by atoms with E-state index in [4.69, 9.17) is 0 Å². The van der Waals surface area contributed by atoms with E-state index in [2.05, 4.69) is 12.1 Å². The van der Waals surface area contributed by atoms with E-state index in [9.17, 15) is 9.90 Å². The second kappa shape index (κ2) is 4.30. The monoisotopic (exact) mass is 238 g/mol. The molecular formula is C16H14O2. The third kappa shape index (κ3) is 1.90. The first-order chi connectivity index (χ1) is 8.74. The van der Waals surface area contributed by atoms with Crippen LogP contribution in [0, 0.1) is 0 Å². The van der Waals surface area contributed by atoms with Crippen LogP contribution in [-0.2, 0) is 11.2 Å². The lowest BCUT2D eigenvalue weighted by atomic mass is 9.78.